The van der Waals surface area contributed by atoms with Gasteiger partial charge in [0.2, 0.25) is 6.17 Å². The fourth-order valence-electron chi connectivity index (χ4n) is 3.46. The molecule has 0 fully saturated rings. The summed E-state index contributed by atoms with van der Waals surface area (Å²) in [6.07, 6.45) is -6.12. The van der Waals surface area contributed by atoms with Crippen LogP contribution in [0.25, 0.3) is 0 Å². The molecule has 0 saturated heterocycles. The normalized spacial score (nSPS) is 14.0. The van der Waals surface area contributed by atoms with Crippen LogP contribution in [0.15, 0.2) is 72.9 Å². The fourth-order valence-corrected chi connectivity index (χ4v) is 3.57. The number of amides is 1. The summed E-state index contributed by atoms with van der Waals surface area (Å²) in [5.41, 5.74) is -0.141. The molecule has 1 amide bonds. The predicted molar refractivity (Wildman–Crippen MR) is 123 cm³/mol. The van der Waals surface area contributed by atoms with E-state index in [1.165, 1.54) is 24.4 Å². The van der Waals surface area contributed by atoms with Crippen LogP contribution in [-0.4, -0.2) is 36.6 Å². The molecule has 0 saturated carbocycles. The minimum absolute atomic E-state index is 0.104. The Morgan fingerprint density at radius 1 is 1.11 bits per heavy atom. The molecule has 0 aliphatic carbocycles. The molecule has 0 radical (unpaired) electrons. The lowest BCUT2D eigenvalue weighted by Crippen LogP contribution is -2.49. The number of carbonyl (C=O) groups is 1. The van der Waals surface area contributed by atoms with Gasteiger partial charge in [0.1, 0.15) is 24.6 Å². The fraction of sp³-hybridized carbons (Fsp3) is 0.280. The van der Waals surface area contributed by atoms with Crippen LogP contribution < -0.4 is 10.1 Å². The lowest BCUT2D eigenvalue weighted by molar-refractivity contribution is -0.215. The van der Waals surface area contributed by atoms with Gasteiger partial charge in [0.15, 0.2) is 0 Å². The Kier molecular flexibility index (Phi) is 8.56. The van der Waals surface area contributed by atoms with E-state index < -0.39 is 37.2 Å². The molecule has 186 valence electrons. The minimum atomic E-state index is -4.08. The minimum Gasteiger partial charge on any atom is -0.447 e. The number of rotatable bonds is 10. The Hall–Kier alpha value is -3.33. The monoisotopic (exact) mass is 510 g/mol. The van der Waals surface area contributed by atoms with Crippen molar-refractivity contribution in [3.05, 3.63) is 94.8 Å². The predicted octanol–water partition coefficient (Wildman–Crippen LogP) is 6.25. The molecule has 0 bridgehead atoms. The number of pyridine rings is 1. The molecule has 3 rings (SSSR count). The molecule has 10 heteroatoms. The number of nitrogens with one attached hydrogen (secondary N) is 1. The molecule has 1 heterocycles. The van der Waals surface area contributed by atoms with E-state index in [9.17, 15) is 22.4 Å². The number of alkyl halides is 4. The number of nitrogens with zero attached hydrogens (tertiary/aromatic N) is 1. The smallest absolute Gasteiger partial charge is 0.429 e. The third-order valence-electron chi connectivity index (χ3n) is 5.15. The highest BCUT2D eigenvalue weighted by Crippen LogP contribution is 2.36. The van der Waals surface area contributed by atoms with Gasteiger partial charge in [0.25, 0.3) is 0 Å². The Morgan fingerprint density at radius 3 is 2.49 bits per heavy atom. The lowest BCUT2D eigenvalue weighted by atomic mass is 9.80. The van der Waals surface area contributed by atoms with Gasteiger partial charge in [0, 0.05) is 12.6 Å². The van der Waals surface area contributed by atoms with E-state index in [2.05, 4.69) is 15.0 Å². The SMILES string of the molecule is CC(F)C(F)(F)Oc1cccc([C@@](Cc2ccccc2)(NC(=O)OCCF)c2ccc(Cl)cn2)c1. The second kappa shape index (κ2) is 11.4. The highest BCUT2D eigenvalue weighted by Gasteiger charge is 2.42. The first kappa shape index (κ1) is 26.3. The number of benzene rings is 2. The number of hydrogen-bond acceptors (Lipinski definition) is 4. The molecule has 2 aromatic carbocycles. The maximum atomic E-state index is 14.0. The van der Waals surface area contributed by atoms with E-state index in [-0.39, 0.29) is 17.7 Å². The van der Waals surface area contributed by atoms with E-state index >= 15 is 0 Å². The molecule has 0 aliphatic rings. The number of halogens is 5. The number of hydrogen-bond donors (Lipinski definition) is 1. The first-order valence-electron chi connectivity index (χ1n) is 10.6. The standard InChI is InChI=1S/C25H23ClF4N2O3/c1-17(28)25(29,30)35-21-9-5-8-19(14-21)24(32-23(33)34-13-12-27,15-18-6-3-2-4-7-18)22-11-10-20(26)16-31-22/h2-11,14,16-17H,12-13,15H2,1H3,(H,32,33)/t17?,24-/m1/s1. The molecule has 35 heavy (non-hydrogen) atoms. The van der Waals surface area contributed by atoms with Crippen LogP contribution in [0.1, 0.15) is 23.7 Å². The van der Waals surface area contributed by atoms with E-state index in [1.807, 2.05) is 6.07 Å². The maximum absolute atomic E-state index is 14.0. The average Bonchev–Trinajstić information content (AvgIpc) is 2.83. The number of carbonyl (C=O) groups excluding carboxylic acids is 1. The van der Waals surface area contributed by atoms with Crippen LogP contribution in [0, 0.1) is 0 Å². The summed E-state index contributed by atoms with van der Waals surface area (Å²) in [5.74, 6) is -0.331. The molecular formula is C25H23ClF4N2O3. The Labute approximate surface area is 205 Å². The van der Waals surface area contributed by atoms with Crippen molar-refractivity contribution < 1.29 is 31.8 Å². The van der Waals surface area contributed by atoms with Gasteiger partial charge < -0.3 is 14.8 Å². The third-order valence-corrected chi connectivity index (χ3v) is 5.37. The van der Waals surface area contributed by atoms with Crippen LogP contribution in [0.2, 0.25) is 5.02 Å². The van der Waals surface area contributed by atoms with Crippen molar-refractivity contribution in [2.24, 2.45) is 0 Å². The van der Waals surface area contributed by atoms with Gasteiger partial charge >= 0.3 is 12.2 Å². The second-order valence-electron chi connectivity index (χ2n) is 7.69. The summed E-state index contributed by atoms with van der Waals surface area (Å²) in [4.78, 5) is 17.0. The molecule has 1 aromatic heterocycles. The Morgan fingerprint density at radius 2 is 1.86 bits per heavy atom. The van der Waals surface area contributed by atoms with Crippen LogP contribution >= 0.6 is 11.6 Å². The van der Waals surface area contributed by atoms with E-state index in [4.69, 9.17) is 16.3 Å². The molecule has 0 spiro atoms. The molecule has 3 aromatic rings. The number of ether oxygens (including phenoxy) is 2. The molecule has 2 atom stereocenters. The van der Waals surface area contributed by atoms with Crippen molar-refractivity contribution in [3.63, 3.8) is 0 Å². The van der Waals surface area contributed by atoms with Crippen molar-refractivity contribution in [2.75, 3.05) is 13.3 Å². The van der Waals surface area contributed by atoms with Gasteiger partial charge in [-0.2, -0.15) is 8.78 Å². The summed E-state index contributed by atoms with van der Waals surface area (Å²) >= 11 is 6.01. The van der Waals surface area contributed by atoms with Gasteiger partial charge in [-0.1, -0.05) is 54.1 Å². The van der Waals surface area contributed by atoms with Gasteiger partial charge in [-0.3, -0.25) is 4.98 Å². The van der Waals surface area contributed by atoms with E-state index in [0.717, 1.165) is 5.56 Å². The molecule has 0 aliphatic heterocycles. The highest BCUT2D eigenvalue weighted by molar-refractivity contribution is 6.30. The highest BCUT2D eigenvalue weighted by atomic mass is 35.5. The zero-order valence-electron chi connectivity index (χ0n) is 18.7. The zero-order chi connectivity index (χ0) is 25.5. The summed E-state index contributed by atoms with van der Waals surface area (Å²) in [6.45, 7) is -0.688. The van der Waals surface area contributed by atoms with Crippen molar-refractivity contribution >= 4 is 17.7 Å². The first-order valence-corrected chi connectivity index (χ1v) is 11.0. The summed E-state index contributed by atoms with van der Waals surface area (Å²) < 4.78 is 63.5. The number of aromatic nitrogens is 1. The Bertz CT molecular complexity index is 1120. The van der Waals surface area contributed by atoms with Gasteiger partial charge in [-0.25, -0.2) is 13.6 Å². The molecular weight excluding hydrogens is 488 g/mol. The van der Waals surface area contributed by atoms with Crippen LogP contribution in [0.3, 0.4) is 0 Å². The molecule has 5 nitrogen and oxygen atoms in total. The van der Waals surface area contributed by atoms with E-state index in [0.29, 0.717) is 17.6 Å². The third kappa shape index (κ3) is 6.63. The van der Waals surface area contributed by atoms with Gasteiger partial charge in [0.05, 0.1) is 10.7 Å². The summed E-state index contributed by atoms with van der Waals surface area (Å²) in [5, 5.41) is 3.06. The van der Waals surface area contributed by atoms with E-state index in [1.54, 1.807) is 42.5 Å². The summed E-state index contributed by atoms with van der Waals surface area (Å²) in [7, 11) is 0. The second-order valence-corrected chi connectivity index (χ2v) is 8.12. The van der Waals surface area contributed by atoms with Crippen molar-refractivity contribution in [1.29, 1.82) is 0 Å². The Balaban J connectivity index is 2.17. The van der Waals surface area contributed by atoms with Crippen LogP contribution in [0.4, 0.5) is 22.4 Å². The van der Waals surface area contributed by atoms with Gasteiger partial charge in [-0.05, 0) is 42.3 Å². The molecule has 1 unspecified atom stereocenters. The molecule has 1 N–H and O–H groups in total. The average molecular weight is 511 g/mol. The quantitative estimate of drug-likeness (QED) is 0.328. The van der Waals surface area contributed by atoms with Crippen molar-refractivity contribution in [3.8, 4) is 5.75 Å². The largest absolute Gasteiger partial charge is 0.447 e. The number of alkyl carbamates (subject to hydrolysis) is 1. The van der Waals surface area contributed by atoms with Crippen molar-refractivity contribution in [1.82, 2.24) is 10.3 Å². The van der Waals surface area contributed by atoms with Gasteiger partial charge in [-0.15, -0.1) is 0 Å². The van der Waals surface area contributed by atoms with Crippen LogP contribution in [0.5, 0.6) is 5.75 Å². The summed E-state index contributed by atoms with van der Waals surface area (Å²) in [6, 6.07) is 17.6. The zero-order valence-corrected chi connectivity index (χ0v) is 19.4. The lowest BCUT2D eigenvalue weighted by Gasteiger charge is -2.35. The van der Waals surface area contributed by atoms with Crippen LogP contribution in [-0.2, 0) is 16.7 Å². The van der Waals surface area contributed by atoms with Crippen molar-refractivity contribution in [2.45, 2.75) is 31.2 Å². The topological polar surface area (TPSA) is 60.5 Å². The first-order chi connectivity index (χ1) is 16.7. The maximum Gasteiger partial charge on any atom is 0.429 e.